The normalized spacial score (nSPS) is 15.7. The number of esters is 1. The summed E-state index contributed by atoms with van der Waals surface area (Å²) in [5.41, 5.74) is 2.03. The summed E-state index contributed by atoms with van der Waals surface area (Å²) in [6, 6.07) is 12.0. The fourth-order valence-corrected chi connectivity index (χ4v) is 5.57. The van der Waals surface area contributed by atoms with Crippen molar-refractivity contribution in [2.24, 2.45) is 4.99 Å². The molecule has 35 heavy (non-hydrogen) atoms. The van der Waals surface area contributed by atoms with Crippen molar-refractivity contribution in [3.05, 3.63) is 94.6 Å². The first-order valence-corrected chi connectivity index (χ1v) is 12.7. The molecular weight excluding hydrogens is 507 g/mol. The summed E-state index contributed by atoms with van der Waals surface area (Å²) in [7, 11) is 1.33. The zero-order chi connectivity index (χ0) is 25.3. The molecule has 2 aromatic carbocycles. The van der Waals surface area contributed by atoms with Crippen LogP contribution in [0.25, 0.3) is 6.08 Å². The number of aromatic nitrogens is 1. The van der Waals surface area contributed by atoms with Crippen LogP contribution in [0.5, 0.6) is 5.75 Å². The number of nitrogens with zero attached hydrogens (tertiary/aromatic N) is 2. The third kappa shape index (κ3) is 4.94. The van der Waals surface area contributed by atoms with E-state index in [1.807, 2.05) is 51.1 Å². The molecule has 3 aromatic rings. The molecule has 0 aliphatic carbocycles. The number of halogens is 2. The van der Waals surface area contributed by atoms with Crippen molar-refractivity contribution in [3.8, 4) is 5.75 Å². The van der Waals surface area contributed by atoms with Gasteiger partial charge in [0.15, 0.2) is 4.80 Å². The number of fused-ring (bicyclic) bond motifs is 1. The van der Waals surface area contributed by atoms with E-state index in [4.69, 9.17) is 32.7 Å². The summed E-state index contributed by atoms with van der Waals surface area (Å²) in [4.78, 5) is 31.8. The van der Waals surface area contributed by atoms with E-state index >= 15 is 0 Å². The Labute approximate surface area is 216 Å². The molecule has 0 radical (unpaired) electrons. The van der Waals surface area contributed by atoms with Gasteiger partial charge in [0.25, 0.3) is 5.56 Å². The second-order valence-corrected chi connectivity index (χ2v) is 10.0. The standard InChI is InChI=1S/C26H24Cl2N2O4S/c1-5-19-21(25(32)33-4)22(15-9-7-6-8-10-15)30-24(31)20(35-26(30)29-19)12-16-11-17(27)13-18(28)23(16)34-14(2)3/h6-14,22H,5H2,1-4H3/b20-12+/t22-/m0/s1. The monoisotopic (exact) mass is 530 g/mol. The van der Waals surface area contributed by atoms with Gasteiger partial charge in [-0.1, -0.05) is 71.8 Å². The topological polar surface area (TPSA) is 69.9 Å². The van der Waals surface area contributed by atoms with Crippen LogP contribution in [0.15, 0.2) is 63.5 Å². The van der Waals surface area contributed by atoms with Gasteiger partial charge in [-0.3, -0.25) is 9.36 Å². The third-order valence-electron chi connectivity index (χ3n) is 5.44. The molecule has 0 spiro atoms. The van der Waals surface area contributed by atoms with Crippen molar-refractivity contribution in [1.82, 2.24) is 4.57 Å². The highest BCUT2D eigenvalue weighted by molar-refractivity contribution is 7.07. The number of ether oxygens (including phenoxy) is 2. The Morgan fingerprint density at radius 3 is 2.57 bits per heavy atom. The van der Waals surface area contributed by atoms with Crippen molar-refractivity contribution in [1.29, 1.82) is 0 Å². The van der Waals surface area contributed by atoms with E-state index in [0.29, 0.717) is 48.4 Å². The van der Waals surface area contributed by atoms with Gasteiger partial charge in [-0.15, -0.1) is 0 Å². The predicted octanol–water partition coefficient (Wildman–Crippen LogP) is 4.89. The minimum Gasteiger partial charge on any atom is -0.489 e. The highest BCUT2D eigenvalue weighted by Crippen LogP contribution is 2.34. The zero-order valence-corrected chi connectivity index (χ0v) is 22.0. The quantitative estimate of drug-likeness (QED) is 0.425. The Morgan fingerprint density at radius 2 is 1.94 bits per heavy atom. The van der Waals surface area contributed by atoms with Crippen molar-refractivity contribution in [2.45, 2.75) is 39.3 Å². The molecule has 1 aliphatic heterocycles. The molecule has 0 fully saturated rings. The van der Waals surface area contributed by atoms with E-state index in [-0.39, 0.29) is 11.7 Å². The lowest BCUT2D eigenvalue weighted by Gasteiger charge is -2.25. The van der Waals surface area contributed by atoms with Crippen LogP contribution in [0.3, 0.4) is 0 Å². The smallest absolute Gasteiger partial charge is 0.338 e. The number of carbonyl (C=O) groups is 1. The van der Waals surface area contributed by atoms with Crippen LogP contribution in [-0.2, 0) is 9.53 Å². The van der Waals surface area contributed by atoms with Crippen LogP contribution in [0.2, 0.25) is 10.0 Å². The average molecular weight is 531 g/mol. The molecule has 1 atom stereocenters. The number of carbonyl (C=O) groups excluding carboxylic acids is 1. The molecule has 4 rings (SSSR count). The number of benzene rings is 2. The Balaban J connectivity index is 2.00. The molecule has 2 heterocycles. The maximum absolute atomic E-state index is 13.8. The van der Waals surface area contributed by atoms with E-state index in [2.05, 4.69) is 4.99 Å². The molecule has 182 valence electrons. The maximum Gasteiger partial charge on any atom is 0.338 e. The van der Waals surface area contributed by atoms with E-state index in [1.54, 1.807) is 22.8 Å². The summed E-state index contributed by atoms with van der Waals surface area (Å²) >= 11 is 13.9. The van der Waals surface area contributed by atoms with Gasteiger partial charge in [-0.05, 0) is 44.0 Å². The second-order valence-electron chi connectivity index (χ2n) is 8.17. The fourth-order valence-electron chi connectivity index (χ4n) is 4.00. The van der Waals surface area contributed by atoms with Crippen LogP contribution in [0, 0.1) is 0 Å². The van der Waals surface area contributed by atoms with Crippen LogP contribution in [0.4, 0.5) is 0 Å². The van der Waals surface area contributed by atoms with Crippen molar-refractivity contribution >= 4 is 46.6 Å². The molecule has 0 saturated carbocycles. The van der Waals surface area contributed by atoms with Gasteiger partial charge < -0.3 is 9.47 Å². The molecule has 0 saturated heterocycles. The first-order chi connectivity index (χ1) is 16.7. The van der Waals surface area contributed by atoms with E-state index < -0.39 is 12.0 Å². The van der Waals surface area contributed by atoms with Gasteiger partial charge in [0, 0.05) is 10.6 Å². The number of hydrogen-bond donors (Lipinski definition) is 0. The summed E-state index contributed by atoms with van der Waals surface area (Å²) < 4.78 is 13.0. The van der Waals surface area contributed by atoms with Crippen LogP contribution < -0.4 is 19.6 Å². The Bertz CT molecular complexity index is 1490. The van der Waals surface area contributed by atoms with Crippen LogP contribution in [-0.4, -0.2) is 23.8 Å². The number of rotatable bonds is 6. The predicted molar refractivity (Wildman–Crippen MR) is 139 cm³/mol. The van der Waals surface area contributed by atoms with Crippen LogP contribution >= 0.6 is 34.5 Å². The highest BCUT2D eigenvalue weighted by Gasteiger charge is 2.33. The van der Waals surface area contributed by atoms with Gasteiger partial charge in [-0.2, -0.15) is 0 Å². The molecule has 0 unspecified atom stereocenters. The highest BCUT2D eigenvalue weighted by atomic mass is 35.5. The lowest BCUT2D eigenvalue weighted by molar-refractivity contribution is -0.136. The number of allylic oxidation sites excluding steroid dienone is 1. The van der Waals surface area contributed by atoms with E-state index in [9.17, 15) is 9.59 Å². The molecule has 6 nitrogen and oxygen atoms in total. The number of hydrogen-bond acceptors (Lipinski definition) is 6. The van der Waals surface area contributed by atoms with Gasteiger partial charge in [0.05, 0.1) is 40.1 Å². The Morgan fingerprint density at radius 1 is 1.23 bits per heavy atom. The lowest BCUT2D eigenvalue weighted by Crippen LogP contribution is -2.40. The average Bonchev–Trinajstić information content (AvgIpc) is 3.14. The first-order valence-electron chi connectivity index (χ1n) is 11.1. The molecular formula is C26H24Cl2N2O4S. The molecule has 0 amide bonds. The SMILES string of the molecule is CCC1=C(C(=O)OC)[C@H](c2ccccc2)n2c(s/c(=C/c3cc(Cl)cc(Cl)c3OC(C)C)c2=O)=N1. The van der Waals surface area contributed by atoms with Crippen molar-refractivity contribution < 1.29 is 14.3 Å². The van der Waals surface area contributed by atoms with Gasteiger partial charge in [0.2, 0.25) is 0 Å². The Hall–Kier alpha value is -2.87. The molecule has 1 aliphatic rings. The van der Waals surface area contributed by atoms with Crippen molar-refractivity contribution in [3.63, 3.8) is 0 Å². The first kappa shape index (κ1) is 25.2. The summed E-state index contributed by atoms with van der Waals surface area (Å²) in [6.07, 6.45) is 2.08. The minimum absolute atomic E-state index is 0.130. The summed E-state index contributed by atoms with van der Waals surface area (Å²) in [6.45, 7) is 5.70. The van der Waals surface area contributed by atoms with Crippen molar-refractivity contribution in [2.75, 3.05) is 7.11 Å². The number of thiazole rings is 1. The zero-order valence-electron chi connectivity index (χ0n) is 19.7. The summed E-state index contributed by atoms with van der Waals surface area (Å²) in [5.74, 6) is -0.0658. The maximum atomic E-state index is 13.8. The second kappa shape index (κ2) is 10.4. The third-order valence-corrected chi connectivity index (χ3v) is 6.92. The Kier molecular flexibility index (Phi) is 7.50. The lowest BCUT2D eigenvalue weighted by atomic mass is 9.95. The minimum atomic E-state index is -0.661. The van der Waals surface area contributed by atoms with E-state index in [0.717, 1.165) is 5.56 Å². The fraction of sp³-hybridized carbons (Fsp3) is 0.269. The number of methoxy groups -OCH3 is 1. The molecule has 1 aromatic heterocycles. The van der Waals surface area contributed by atoms with Gasteiger partial charge >= 0.3 is 5.97 Å². The van der Waals surface area contributed by atoms with Crippen LogP contribution in [0.1, 0.15) is 44.4 Å². The molecule has 9 heteroatoms. The largest absolute Gasteiger partial charge is 0.489 e. The van der Waals surface area contributed by atoms with E-state index in [1.165, 1.54) is 18.4 Å². The van der Waals surface area contributed by atoms with Gasteiger partial charge in [-0.25, -0.2) is 9.79 Å². The molecule has 0 bridgehead atoms. The molecule has 0 N–H and O–H groups in total. The summed E-state index contributed by atoms with van der Waals surface area (Å²) in [5, 5.41) is 0.780. The van der Waals surface area contributed by atoms with Gasteiger partial charge in [0.1, 0.15) is 5.75 Å².